The van der Waals surface area contributed by atoms with Crippen LogP contribution in [0.25, 0.3) is 0 Å². The van der Waals surface area contributed by atoms with Crippen LogP contribution in [-0.2, 0) is 11.2 Å². The van der Waals surface area contributed by atoms with Crippen molar-refractivity contribution >= 4 is 5.97 Å². The van der Waals surface area contributed by atoms with Crippen molar-refractivity contribution in [2.45, 2.75) is 25.4 Å². The molecule has 0 bridgehead atoms. The number of aromatic nitrogens is 1. The molecule has 76 valence electrons. The van der Waals surface area contributed by atoms with Crippen LogP contribution in [0.5, 0.6) is 0 Å². The van der Waals surface area contributed by atoms with E-state index in [-0.39, 0.29) is 11.8 Å². The average Bonchev–Trinajstić information content (AvgIpc) is 2.75. The first kappa shape index (κ1) is 9.21. The summed E-state index contributed by atoms with van der Waals surface area (Å²) < 4.78 is 10.4. The summed E-state index contributed by atoms with van der Waals surface area (Å²) in [4.78, 5) is 14.3. The lowest BCUT2D eigenvalue weighted by atomic mass is 10.1. The van der Waals surface area contributed by atoms with Gasteiger partial charge in [0.15, 0.2) is 12.1 Å². The molecule has 14 heavy (non-hydrogen) atoms. The molecular weight excluding hydrogens is 186 g/mol. The maximum Gasteiger partial charge on any atom is 0.358 e. The molecule has 1 saturated heterocycles. The third kappa shape index (κ3) is 1.77. The quantitative estimate of drug-likeness (QED) is 0.785. The van der Waals surface area contributed by atoms with Crippen molar-refractivity contribution < 1.29 is 19.1 Å². The highest BCUT2D eigenvalue weighted by Crippen LogP contribution is 2.18. The average molecular weight is 197 g/mol. The van der Waals surface area contributed by atoms with Gasteiger partial charge in [-0.05, 0) is 12.8 Å². The molecule has 2 rings (SSSR count). The lowest BCUT2D eigenvalue weighted by Crippen LogP contribution is -2.11. The Hall–Kier alpha value is -1.36. The zero-order valence-electron chi connectivity index (χ0n) is 7.60. The molecular formula is C9H11NO4. The molecule has 0 aliphatic carbocycles. The summed E-state index contributed by atoms with van der Waals surface area (Å²) in [5.41, 5.74) is 0.000463. The maximum atomic E-state index is 10.7. The van der Waals surface area contributed by atoms with Gasteiger partial charge in [-0.1, -0.05) is 0 Å². The van der Waals surface area contributed by atoms with Crippen molar-refractivity contribution in [1.29, 1.82) is 0 Å². The van der Waals surface area contributed by atoms with Gasteiger partial charge in [0.2, 0.25) is 0 Å². The van der Waals surface area contributed by atoms with E-state index >= 15 is 0 Å². The zero-order valence-corrected chi connectivity index (χ0v) is 7.60. The van der Waals surface area contributed by atoms with Crippen LogP contribution in [0, 0.1) is 0 Å². The van der Waals surface area contributed by atoms with Crippen LogP contribution >= 0.6 is 0 Å². The number of ether oxygens (including phenoxy) is 1. The summed E-state index contributed by atoms with van der Waals surface area (Å²) in [5, 5.41) is 8.77. The molecule has 1 aliphatic rings. The van der Waals surface area contributed by atoms with Gasteiger partial charge in [-0.25, -0.2) is 9.78 Å². The highest BCUT2D eigenvalue weighted by molar-refractivity contribution is 5.86. The monoisotopic (exact) mass is 197 g/mol. The fraction of sp³-hybridized carbons (Fsp3) is 0.556. The number of hydrogen-bond acceptors (Lipinski definition) is 4. The maximum absolute atomic E-state index is 10.7. The van der Waals surface area contributed by atoms with Crippen LogP contribution in [0.15, 0.2) is 10.8 Å². The van der Waals surface area contributed by atoms with E-state index in [4.69, 9.17) is 14.3 Å². The zero-order chi connectivity index (χ0) is 9.97. The molecule has 1 aromatic heterocycles. The number of rotatable bonds is 3. The predicted molar refractivity (Wildman–Crippen MR) is 46.1 cm³/mol. The Morgan fingerprint density at radius 2 is 2.57 bits per heavy atom. The Bertz CT molecular complexity index is 327. The van der Waals surface area contributed by atoms with E-state index in [1.807, 2.05) is 0 Å². The van der Waals surface area contributed by atoms with Gasteiger partial charge in [0.05, 0.1) is 6.10 Å². The SMILES string of the molecule is O=C(O)c1ncoc1CC1CCCO1. The minimum atomic E-state index is -1.05. The summed E-state index contributed by atoms with van der Waals surface area (Å²) in [6, 6.07) is 0. The lowest BCUT2D eigenvalue weighted by molar-refractivity contribution is 0.0685. The van der Waals surface area contributed by atoms with Crippen LogP contribution in [0.4, 0.5) is 0 Å². The first-order chi connectivity index (χ1) is 6.77. The van der Waals surface area contributed by atoms with Crippen molar-refractivity contribution in [2.24, 2.45) is 0 Å². The number of nitrogens with zero attached hydrogens (tertiary/aromatic N) is 1. The number of oxazole rings is 1. The Morgan fingerprint density at radius 3 is 3.21 bits per heavy atom. The molecule has 1 aromatic rings. The molecule has 1 unspecified atom stereocenters. The van der Waals surface area contributed by atoms with Gasteiger partial charge in [-0.2, -0.15) is 0 Å². The minimum Gasteiger partial charge on any atom is -0.476 e. The van der Waals surface area contributed by atoms with Gasteiger partial charge in [0.25, 0.3) is 0 Å². The van der Waals surface area contributed by atoms with E-state index < -0.39 is 5.97 Å². The molecule has 5 nitrogen and oxygen atoms in total. The topological polar surface area (TPSA) is 72.6 Å². The fourth-order valence-corrected chi connectivity index (χ4v) is 1.60. The Kier molecular flexibility index (Phi) is 2.49. The Morgan fingerprint density at radius 1 is 1.71 bits per heavy atom. The molecule has 0 saturated carbocycles. The first-order valence-corrected chi connectivity index (χ1v) is 4.54. The van der Waals surface area contributed by atoms with Crippen LogP contribution in [0.1, 0.15) is 29.1 Å². The van der Waals surface area contributed by atoms with E-state index in [0.29, 0.717) is 12.2 Å². The summed E-state index contributed by atoms with van der Waals surface area (Å²) >= 11 is 0. The second-order valence-electron chi connectivity index (χ2n) is 3.27. The van der Waals surface area contributed by atoms with E-state index in [1.165, 1.54) is 0 Å². The van der Waals surface area contributed by atoms with Gasteiger partial charge in [-0.15, -0.1) is 0 Å². The normalized spacial score (nSPS) is 21.3. The van der Waals surface area contributed by atoms with Gasteiger partial charge >= 0.3 is 5.97 Å². The number of aromatic carboxylic acids is 1. The van der Waals surface area contributed by atoms with Crippen molar-refractivity contribution in [2.75, 3.05) is 6.61 Å². The number of carboxylic acids is 1. The lowest BCUT2D eigenvalue weighted by Gasteiger charge is -2.06. The van der Waals surface area contributed by atoms with Crippen molar-refractivity contribution in [1.82, 2.24) is 4.98 Å². The molecule has 0 radical (unpaired) electrons. The molecule has 0 amide bonds. The summed E-state index contributed by atoms with van der Waals surface area (Å²) in [6.45, 7) is 0.751. The molecule has 0 spiro atoms. The van der Waals surface area contributed by atoms with Crippen molar-refractivity contribution in [3.63, 3.8) is 0 Å². The highest BCUT2D eigenvalue weighted by Gasteiger charge is 2.22. The Labute approximate surface area is 80.7 Å². The third-order valence-corrected chi connectivity index (χ3v) is 2.28. The van der Waals surface area contributed by atoms with E-state index in [0.717, 1.165) is 25.8 Å². The van der Waals surface area contributed by atoms with Crippen molar-refractivity contribution in [3.8, 4) is 0 Å². The Balaban J connectivity index is 2.07. The fourth-order valence-electron chi connectivity index (χ4n) is 1.60. The standard InChI is InChI=1S/C9H11NO4/c11-9(12)8-7(14-5-10-8)4-6-2-1-3-13-6/h5-6H,1-4H2,(H,11,12). The van der Waals surface area contributed by atoms with E-state index in [9.17, 15) is 4.79 Å². The second kappa shape index (κ2) is 3.79. The summed E-state index contributed by atoms with van der Waals surface area (Å²) in [5.74, 6) is -0.642. The summed E-state index contributed by atoms with van der Waals surface area (Å²) in [7, 11) is 0. The van der Waals surface area contributed by atoms with E-state index in [2.05, 4.69) is 4.98 Å². The highest BCUT2D eigenvalue weighted by atomic mass is 16.5. The number of hydrogen-bond donors (Lipinski definition) is 1. The van der Waals surface area contributed by atoms with Crippen LogP contribution in [0.2, 0.25) is 0 Å². The molecule has 2 heterocycles. The van der Waals surface area contributed by atoms with Crippen LogP contribution in [0.3, 0.4) is 0 Å². The second-order valence-corrected chi connectivity index (χ2v) is 3.27. The smallest absolute Gasteiger partial charge is 0.358 e. The molecule has 0 aromatic carbocycles. The molecule has 1 N–H and O–H groups in total. The van der Waals surface area contributed by atoms with Crippen molar-refractivity contribution in [3.05, 3.63) is 17.8 Å². The number of carbonyl (C=O) groups is 1. The first-order valence-electron chi connectivity index (χ1n) is 4.54. The van der Waals surface area contributed by atoms with Crippen LogP contribution < -0.4 is 0 Å². The van der Waals surface area contributed by atoms with Gasteiger partial charge in [0.1, 0.15) is 5.76 Å². The van der Waals surface area contributed by atoms with Gasteiger partial charge in [0, 0.05) is 13.0 Å². The van der Waals surface area contributed by atoms with E-state index in [1.54, 1.807) is 0 Å². The largest absolute Gasteiger partial charge is 0.476 e. The minimum absolute atomic E-state index is 0.000463. The van der Waals surface area contributed by atoms with Crippen LogP contribution in [-0.4, -0.2) is 28.8 Å². The molecule has 5 heteroatoms. The summed E-state index contributed by atoms with van der Waals surface area (Å²) in [6.07, 6.45) is 3.73. The number of carboxylic acid groups (broad SMARTS) is 1. The van der Waals surface area contributed by atoms with Gasteiger partial charge < -0.3 is 14.3 Å². The predicted octanol–water partition coefficient (Wildman–Crippen LogP) is 1.09. The molecule has 1 atom stereocenters. The molecule has 1 fully saturated rings. The third-order valence-electron chi connectivity index (χ3n) is 2.28. The molecule has 1 aliphatic heterocycles. The van der Waals surface area contributed by atoms with Gasteiger partial charge in [-0.3, -0.25) is 0 Å².